The minimum Gasteiger partial charge on any atom is -0.450 e. The van der Waals surface area contributed by atoms with Gasteiger partial charge in [-0.1, -0.05) is 6.92 Å². The number of hydrogen-bond donors (Lipinski definition) is 2. The first-order valence-electron chi connectivity index (χ1n) is 11.9. The predicted molar refractivity (Wildman–Crippen MR) is 136 cm³/mol. The van der Waals surface area contributed by atoms with Crippen LogP contribution >= 0.6 is 11.3 Å². The molecule has 0 aliphatic carbocycles. The van der Waals surface area contributed by atoms with E-state index in [1.807, 2.05) is 6.92 Å². The number of hydrogen-bond acceptors (Lipinski definition) is 7. The number of nitrogens with two attached hydrogens (primary N) is 1. The number of amides is 3. The van der Waals surface area contributed by atoms with Gasteiger partial charge in [0.2, 0.25) is 10.0 Å². The second-order valence-electron chi connectivity index (χ2n) is 9.03. The average molecular weight is 535 g/mol. The van der Waals surface area contributed by atoms with E-state index in [0.717, 1.165) is 23.3 Å². The van der Waals surface area contributed by atoms with Crippen LogP contribution in [0.1, 0.15) is 57.8 Å². The Kier molecular flexibility index (Phi) is 7.67. The van der Waals surface area contributed by atoms with E-state index in [2.05, 4.69) is 5.32 Å². The van der Waals surface area contributed by atoms with E-state index in [0.29, 0.717) is 37.0 Å². The van der Waals surface area contributed by atoms with Gasteiger partial charge in [-0.15, -0.1) is 11.3 Å². The van der Waals surface area contributed by atoms with Crippen LogP contribution < -0.4 is 11.1 Å². The first-order valence-corrected chi connectivity index (χ1v) is 14.1. The highest BCUT2D eigenvalue weighted by Gasteiger charge is 2.31. The standard InChI is InChI=1S/C24H30N4O6S2/c1-3-34-24(31)27-12-10-18-19(14-27)35-23(20(18)21(25)29)26-22(30)16-6-8-17(9-7-16)36(32,33)28-11-4-5-15(2)13-28/h6-9,15H,3-5,10-14H2,1-2H3,(H2,25,29)(H,26,30). The SMILES string of the molecule is CCOC(=O)N1CCc2c(sc(NC(=O)c3ccc(S(=O)(=O)N4CCCC(C)C4)cc3)c2C(N)=O)C1. The highest BCUT2D eigenvalue weighted by atomic mass is 32.2. The summed E-state index contributed by atoms with van der Waals surface area (Å²) in [5.74, 6) is -0.850. The molecule has 194 valence electrons. The maximum atomic E-state index is 13.0. The number of sulfonamides is 1. The number of rotatable bonds is 6. The van der Waals surface area contributed by atoms with E-state index in [9.17, 15) is 22.8 Å². The van der Waals surface area contributed by atoms with E-state index in [4.69, 9.17) is 10.5 Å². The fraction of sp³-hybridized carbons (Fsp3) is 0.458. The zero-order chi connectivity index (χ0) is 26.0. The van der Waals surface area contributed by atoms with Crippen molar-refractivity contribution in [3.05, 3.63) is 45.8 Å². The lowest BCUT2D eigenvalue weighted by Gasteiger charge is -2.30. The van der Waals surface area contributed by atoms with Crippen LogP contribution in [-0.2, 0) is 27.7 Å². The number of carbonyl (C=O) groups excluding carboxylic acids is 3. The lowest BCUT2D eigenvalue weighted by molar-refractivity contribution is 0.0997. The Labute approximate surface area is 214 Å². The zero-order valence-electron chi connectivity index (χ0n) is 20.3. The number of nitrogens with one attached hydrogen (secondary N) is 1. The third kappa shape index (κ3) is 5.25. The fourth-order valence-corrected chi connectivity index (χ4v) is 7.45. The van der Waals surface area contributed by atoms with Gasteiger partial charge in [0, 0.05) is 30.1 Å². The Hall–Kier alpha value is -2.96. The number of carbonyl (C=O) groups is 3. The summed E-state index contributed by atoms with van der Waals surface area (Å²) in [5, 5.41) is 3.05. The number of anilines is 1. The van der Waals surface area contributed by atoms with E-state index in [1.165, 1.54) is 39.9 Å². The number of nitrogens with zero attached hydrogens (tertiary/aromatic N) is 2. The maximum absolute atomic E-state index is 13.0. The molecular formula is C24H30N4O6S2. The monoisotopic (exact) mass is 534 g/mol. The van der Waals surface area contributed by atoms with Crippen molar-refractivity contribution in [3.8, 4) is 0 Å². The molecule has 1 saturated heterocycles. The van der Waals surface area contributed by atoms with E-state index >= 15 is 0 Å². The van der Waals surface area contributed by atoms with E-state index in [1.54, 1.807) is 11.8 Å². The smallest absolute Gasteiger partial charge is 0.410 e. The summed E-state index contributed by atoms with van der Waals surface area (Å²) in [5.41, 5.74) is 6.84. The lowest BCUT2D eigenvalue weighted by atomic mass is 10.0. The molecule has 3 N–H and O–H groups in total. The maximum Gasteiger partial charge on any atom is 0.410 e. The van der Waals surface area contributed by atoms with Crippen LogP contribution in [0.4, 0.5) is 9.80 Å². The van der Waals surface area contributed by atoms with Gasteiger partial charge in [0.1, 0.15) is 5.00 Å². The van der Waals surface area contributed by atoms with Crippen molar-refractivity contribution >= 4 is 44.3 Å². The first-order chi connectivity index (χ1) is 17.1. The molecule has 2 aliphatic heterocycles. The van der Waals surface area contributed by atoms with E-state index in [-0.39, 0.29) is 29.2 Å². The molecule has 3 heterocycles. The highest BCUT2D eigenvalue weighted by Crippen LogP contribution is 2.37. The molecule has 3 amide bonds. The Morgan fingerprint density at radius 2 is 1.92 bits per heavy atom. The molecule has 0 saturated carbocycles. The van der Waals surface area contributed by atoms with Gasteiger partial charge < -0.3 is 20.7 Å². The second-order valence-corrected chi connectivity index (χ2v) is 12.1. The molecule has 1 aromatic carbocycles. The molecule has 36 heavy (non-hydrogen) atoms. The Morgan fingerprint density at radius 3 is 2.56 bits per heavy atom. The van der Waals surface area contributed by atoms with Gasteiger partial charge in [0.15, 0.2) is 0 Å². The van der Waals surface area contributed by atoms with Gasteiger partial charge in [0.05, 0.1) is 23.6 Å². The minimum atomic E-state index is -3.63. The largest absolute Gasteiger partial charge is 0.450 e. The van der Waals surface area contributed by atoms with Crippen LogP contribution in [0.25, 0.3) is 0 Å². The summed E-state index contributed by atoms with van der Waals surface area (Å²) in [4.78, 5) is 39.7. The molecule has 1 atom stereocenters. The summed E-state index contributed by atoms with van der Waals surface area (Å²) in [7, 11) is -3.63. The van der Waals surface area contributed by atoms with E-state index < -0.39 is 27.9 Å². The van der Waals surface area contributed by atoms with Crippen LogP contribution in [-0.4, -0.2) is 61.8 Å². The van der Waals surface area contributed by atoms with Crippen LogP contribution in [0.5, 0.6) is 0 Å². The quantitative estimate of drug-likeness (QED) is 0.584. The molecular weight excluding hydrogens is 504 g/mol. The number of fused-ring (bicyclic) bond motifs is 1. The summed E-state index contributed by atoms with van der Waals surface area (Å²) in [6, 6.07) is 5.76. The number of primary amides is 1. The molecule has 2 aromatic rings. The normalized spacial score (nSPS) is 18.4. The topological polar surface area (TPSA) is 139 Å². The van der Waals surface area contributed by atoms with Gasteiger partial charge in [0.25, 0.3) is 11.8 Å². The number of piperidine rings is 1. The highest BCUT2D eigenvalue weighted by molar-refractivity contribution is 7.89. The number of ether oxygens (including phenoxy) is 1. The Balaban J connectivity index is 1.52. The summed E-state index contributed by atoms with van der Waals surface area (Å²) in [6.07, 6.45) is 1.81. The van der Waals surface area contributed by atoms with Gasteiger partial charge in [-0.05, 0) is 61.9 Å². The van der Waals surface area contributed by atoms with Gasteiger partial charge in [-0.2, -0.15) is 4.31 Å². The first kappa shape index (κ1) is 26.1. The number of benzene rings is 1. The van der Waals surface area contributed by atoms with Gasteiger partial charge >= 0.3 is 6.09 Å². The van der Waals surface area contributed by atoms with Crippen LogP contribution in [0, 0.1) is 5.92 Å². The molecule has 4 rings (SSSR count). The van der Waals surface area contributed by atoms with Crippen LogP contribution in [0.3, 0.4) is 0 Å². The van der Waals surface area contributed by atoms with Crippen LogP contribution in [0.2, 0.25) is 0 Å². The minimum absolute atomic E-state index is 0.136. The Morgan fingerprint density at radius 1 is 1.19 bits per heavy atom. The van der Waals surface area contributed by atoms with Crippen molar-refractivity contribution in [2.45, 2.75) is 44.6 Å². The number of thiophene rings is 1. The van der Waals surface area contributed by atoms with Crippen molar-refractivity contribution in [2.24, 2.45) is 11.7 Å². The Bertz CT molecular complexity index is 1270. The summed E-state index contributed by atoms with van der Waals surface area (Å²) in [6.45, 7) is 5.63. The van der Waals surface area contributed by atoms with Crippen molar-refractivity contribution in [3.63, 3.8) is 0 Å². The third-order valence-corrected chi connectivity index (χ3v) is 9.44. The zero-order valence-corrected chi connectivity index (χ0v) is 21.9. The molecule has 0 spiro atoms. The van der Waals surface area contributed by atoms with Crippen molar-refractivity contribution in [1.82, 2.24) is 9.21 Å². The summed E-state index contributed by atoms with van der Waals surface area (Å²) >= 11 is 1.19. The van der Waals surface area contributed by atoms with Gasteiger partial charge in [-0.3, -0.25) is 9.59 Å². The molecule has 1 unspecified atom stereocenters. The third-order valence-electron chi connectivity index (χ3n) is 6.43. The van der Waals surface area contributed by atoms with Crippen molar-refractivity contribution in [2.75, 3.05) is 31.6 Å². The fourth-order valence-electron chi connectivity index (χ4n) is 4.59. The average Bonchev–Trinajstić information content (AvgIpc) is 3.21. The second kappa shape index (κ2) is 10.6. The molecule has 1 fully saturated rings. The molecule has 1 aromatic heterocycles. The van der Waals surface area contributed by atoms with Crippen molar-refractivity contribution in [1.29, 1.82) is 0 Å². The lowest BCUT2D eigenvalue weighted by Crippen LogP contribution is -2.39. The molecule has 2 aliphatic rings. The summed E-state index contributed by atoms with van der Waals surface area (Å²) < 4.78 is 32.5. The van der Waals surface area contributed by atoms with Crippen LogP contribution in [0.15, 0.2) is 29.2 Å². The molecule has 0 radical (unpaired) electrons. The predicted octanol–water partition coefficient (Wildman–Crippen LogP) is 3.03. The molecule has 10 nitrogen and oxygen atoms in total. The molecule has 12 heteroatoms. The molecule has 0 bridgehead atoms. The van der Waals surface area contributed by atoms with Crippen molar-refractivity contribution < 1.29 is 27.5 Å². The van der Waals surface area contributed by atoms with Gasteiger partial charge in [-0.25, -0.2) is 13.2 Å².